The quantitative estimate of drug-likeness (QED) is 0.813. The third kappa shape index (κ3) is 3.69. The van der Waals surface area contributed by atoms with Crippen LogP contribution in [0.1, 0.15) is 11.1 Å². The van der Waals surface area contributed by atoms with Crippen LogP contribution in [0.15, 0.2) is 53.4 Å². The molecule has 0 radical (unpaired) electrons. The van der Waals surface area contributed by atoms with E-state index in [1.54, 1.807) is 36.4 Å². The first-order chi connectivity index (χ1) is 11.7. The molecule has 7 heteroatoms. The molecular formula is C17H13N2O4S+. The first-order valence-corrected chi connectivity index (χ1v) is 7.91. The second kappa shape index (κ2) is 7.10. The van der Waals surface area contributed by atoms with Crippen LogP contribution in [0.25, 0.3) is 6.08 Å². The van der Waals surface area contributed by atoms with Crippen LogP contribution < -0.4 is 15.2 Å². The monoisotopic (exact) mass is 341 g/mol. The van der Waals surface area contributed by atoms with Crippen molar-refractivity contribution in [3.8, 4) is 5.75 Å². The first kappa shape index (κ1) is 15.9. The number of nitrogens with one attached hydrogen (secondary N) is 2. The van der Waals surface area contributed by atoms with Crippen LogP contribution in [-0.4, -0.2) is 11.1 Å². The largest absolute Gasteiger partial charge is 0.488 e. The molecule has 1 aliphatic heterocycles. The van der Waals surface area contributed by atoms with Crippen molar-refractivity contribution in [3.05, 3.63) is 69.5 Å². The van der Waals surface area contributed by atoms with E-state index in [9.17, 15) is 14.5 Å². The molecule has 0 bridgehead atoms. The summed E-state index contributed by atoms with van der Waals surface area (Å²) in [7, 11) is 0. The van der Waals surface area contributed by atoms with Crippen LogP contribution in [0.2, 0.25) is 0 Å². The Labute approximate surface area is 141 Å². The molecule has 0 aromatic heterocycles. The van der Waals surface area contributed by atoms with Gasteiger partial charge in [-0.1, -0.05) is 18.2 Å². The number of para-hydroxylation sites is 1. The summed E-state index contributed by atoms with van der Waals surface area (Å²) in [6.45, 7) is 0.317. The highest BCUT2D eigenvalue weighted by molar-refractivity contribution is 8.18. The van der Waals surface area contributed by atoms with Crippen LogP contribution >= 0.6 is 11.8 Å². The van der Waals surface area contributed by atoms with Crippen LogP contribution in [0.3, 0.4) is 0 Å². The molecule has 2 aromatic carbocycles. The van der Waals surface area contributed by atoms with Crippen molar-refractivity contribution in [2.75, 3.05) is 0 Å². The Morgan fingerprint density at radius 3 is 2.50 bits per heavy atom. The molecule has 1 heterocycles. The lowest BCUT2D eigenvalue weighted by atomic mass is 10.1. The fraction of sp³-hybridized carbons (Fsp3) is 0.0588. The number of nitroso groups, excluding NO2 is 1. The lowest BCUT2D eigenvalue weighted by molar-refractivity contribution is -0.379. The van der Waals surface area contributed by atoms with Crippen molar-refractivity contribution in [2.45, 2.75) is 6.61 Å². The number of rotatable bonds is 5. The van der Waals surface area contributed by atoms with Crippen molar-refractivity contribution < 1.29 is 19.5 Å². The summed E-state index contributed by atoms with van der Waals surface area (Å²) >= 11 is 0.865. The Hall–Kier alpha value is -2.93. The van der Waals surface area contributed by atoms with E-state index in [0.717, 1.165) is 17.3 Å². The molecule has 1 saturated heterocycles. The van der Waals surface area contributed by atoms with E-state index >= 15 is 0 Å². The van der Waals surface area contributed by atoms with Gasteiger partial charge in [0.15, 0.2) is 0 Å². The van der Waals surface area contributed by atoms with E-state index in [0.29, 0.717) is 28.5 Å². The van der Waals surface area contributed by atoms with Crippen LogP contribution in [-0.2, 0) is 11.4 Å². The predicted octanol–water partition coefficient (Wildman–Crippen LogP) is 2.07. The zero-order valence-electron chi connectivity index (χ0n) is 12.4. The Morgan fingerprint density at radius 1 is 1.08 bits per heavy atom. The van der Waals surface area contributed by atoms with Gasteiger partial charge < -0.3 is 4.74 Å². The van der Waals surface area contributed by atoms with Gasteiger partial charge in [-0.05, 0) is 41.6 Å². The molecule has 0 aliphatic carbocycles. The number of imide groups is 1. The number of thioether (sulfide) groups is 1. The van der Waals surface area contributed by atoms with Crippen LogP contribution in [0, 0.1) is 4.91 Å². The van der Waals surface area contributed by atoms with E-state index in [1.165, 1.54) is 0 Å². The summed E-state index contributed by atoms with van der Waals surface area (Å²) < 4.78 is 5.80. The zero-order valence-corrected chi connectivity index (χ0v) is 13.3. The second-order valence-corrected chi connectivity index (χ2v) is 5.99. The number of ether oxygens (including phenoxy) is 1. The van der Waals surface area contributed by atoms with Gasteiger partial charge in [0.2, 0.25) is 0 Å². The van der Waals surface area contributed by atoms with E-state index in [1.807, 2.05) is 23.4 Å². The molecule has 0 spiro atoms. The van der Waals surface area contributed by atoms with Gasteiger partial charge in [0, 0.05) is 27.8 Å². The number of hydrogen-bond acceptors (Lipinski definition) is 5. The molecule has 120 valence electrons. The van der Waals surface area contributed by atoms with Crippen molar-refractivity contribution in [3.63, 3.8) is 0 Å². The van der Waals surface area contributed by atoms with Gasteiger partial charge >= 0.3 is 0 Å². The SMILES string of the molecule is O=[NH+]c1ccc(COc2ccccc2/C=C2\SC(=O)NC2=O)cc1. The van der Waals surface area contributed by atoms with Crippen LogP contribution in [0.4, 0.5) is 10.5 Å². The molecule has 0 atom stereocenters. The smallest absolute Gasteiger partial charge is 0.290 e. The molecule has 2 amide bonds. The van der Waals surface area contributed by atoms with Gasteiger partial charge in [0.25, 0.3) is 16.8 Å². The average Bonchev–Trinajstić information content (AvgIpc) is 2.92. The minimum absolute atomic E-state index is 0.317. The molecule has 24 heavy (non-hydrogen) atoms. The summed E-state index contributed by atoms with van der Waals surface area (Å²) in [6, 6.07) is 14.2. The number of hydrogen-bond donors (Lipinski definition) is 2. The Morgan fingerprint density at radius 2 is 1.83 bits per heavy atom. The van der Waals surface area contributed by atoms with Crippen molar-refractivity contribution in [1.82, 2.24) is 5.32 Å². The molecule has 2 aromatic rings. The van der Waals surface area contributed by atoms with E-state index in [-0.39, 0.29) is 5.24 Å². The second-order valence-electron chi connectivity index (χ2n) is 4.98. The molecule has 0 saturated carbocycles. The van der Waals surface area contributed by atoms with E-state index < -0.39 is 5.91 Å². The minimum Gasteiger partial charge on any atom is -0.488 e. The highest BCUT2D eigenvalue weighted by Crippen LogP contribution is 2.29. The maximum Gasteiger partial charge on any atom is 0.290 e. The number of carbonyl (C=O) groups excluding carboxylic acids is 2. The summed E-state index contributed by atoms with van der Waals surface area (Å²) in [5.41, 5.74) is 2.10. The number of carbonyl (C=O) groups is 2. The van der Waals surface area contributed by atoms with Gasteiger partial charge in [-0.2, -0.15) is 0 Å². The summed E-state index contributed by atoms with van der Waals surface area (Å²) in [5, 5.41) is 3.66. The minimum atomic E-state index is -0.402. The van der Waals surface area contributed by atoms with Crippen molar-refractivity contribution >= 4 is 34.7 Å². The van der Waals surface area contributed by atoms with Gasteiger partial charge in [-0.15, -0.1) is 0 Å². The molecule has 6 nitrogen and oxygen atoms in total. The zero-order chi connectivity index (χ0) is 16.9. The number of benzene rings is 2. The maximum absolute atomic E-state index is 11.6. The molecule has 2 N–H and O–H groups in total. The molecular weight excluding hydrogens is 328 g/mol. The molecule has 3 rings (SSSR count). The van der Waals surface area contributed by atoms with Gasteiger partial charge in [-0.3, -0.25) is 14.9 Å². The third-order valence-corrected chi connectivity index (χ3v) is 4.12. The fourth-order valence-electron chi connectivity index (χ4n) is 2.12. The summed E-state index contributed by atoms with van der Waals surface area (Å²) in [6.07, 6.45) is 1.63. The Bertz CT molecular complexity index is 831. The topological polar surface area (TPSA) is 86.4 Å². The molecule has 1 aliphatic rings. The highest BCUT2D eigenvalue weighted by atomic mass is 32.2. The Kier molecular flexibility index (Phi) is 4.72. The molecule has 0 unspecified atom stereocenters. The van der Waals surface area contributed by atoms with E-state index in [4.69, 9.17) is 4.74 Å². The number of amides is 2. The van der Waals surface area contributed by atoms with Crippen molar-refractivity contribution in [2.24, 2.45) is 0 Å². The first-order valence-electron chi connectivity index (χ1n) is 7.09. The van der Waals surface area contributed by atoms with E-state index in [2.05, 4.69) is 5.32 Å². The normalized spacial score (nSPS) is 15.4. The maximum atomic E-state index is 11.6. The standard InChI is InChI=1S/C17H12N2O4S/c20-16-15(24-17(21)18-16)9-12-3-1-2-4-14(12)23-10-11-5-7-13(19-22)8-6-11/h1-9H,10H2,(H,18,20,21)/p+1/b15-9-. The average molecular weight is 341 g/mol. The summed E-state index contributed by atoms with van der Waals surface area (Å²) in [4.78, 5) is 33.8. The van der Waals surface area contributed by atoms with Gasteiger partial charge in [0.1, 0.15) is 12.4 Å². The Balaban J connectivity index is 1.76. The van der Waals surface area contributed by atoms with Crippen LogP contribution in [0.5, 0.6) is 5.75 Å². The lowest BCUT2D eigenvalue weighted by Gasteiger charge is -2.09. The van der Waals surface area contributed by atoms with Gasteiger partial charge in [0.05, 0.1) is 4.91 Å². The van der Waals surface area contributed by atoms with Gasteiger partial charge in [-0.25, -0.2) is 0 Å². The fourth-order valence-corrected chi connectivity index (χ4v) is 2.80. The molecule has 1 fully saturated rings. The third-order valence-electron chi connectivity index (χ3n) is 3.31. The lowest BCUT2D eigenvalue weighted by Crippen LogP contribution is -2.55. The predicted molar refractivity (Wildman–Crippen MR) is 90.3 cm³/mol. The summed E-state index contributed by atoms with van der Waals surface area (Å²) in [5.74, 6) is 0.198. The highest BCUT2D eigenvalue weighted by Gasteiger charge is 2.25. The van der Waals surface area contributed by atoms with Crippen molar-refractivity contribution in [1.29, 1.82) is 0 Å².